The number of phenols is 1. The van der Waals surface area contributed by atoms with Crippen LogP contribution in [-0.2, 0) is 11.8 Å². The van der Waals surface area contributed by atoms with Crippen molar-refractivity contribution < 1.29 is 19.4 Å². The summed E-state index contributed by atoms with van der Waals surface area (Å²) in [5, 5.41) is 22.2. The Labute approximate surface area is 187 Å². The molecule has 1 saturated heterocycles. The van der Waals surface area contributed by atoms with Crippen molar-refractivity contribution in [2.45, 2.75) is 57.6 Å². The first-order chi connectivity index (χ1) is 14.9. The van der Waals surface area contributed by atoms with Crippen LogP contribution in [0.4, 0.5) is 4.39 Å². The molecule has 1 aliphatic rings. The van der Waals surface area contributed by atoms with Gasteiger partial charge in [-0.05, 0) is 75.5 Å². The Morgan fingerprint density at radius 1 is 1.31 bits per heavy atom. The van der Waals surface area contributed by atoms with Crippen LogP contribution in [0.15, 0.2) is 29.1 Å². The fourth-order valence-corrected chi connectivity index (χ4v) is 5.19. The average Bonchev–Trinajstić information content (AvgIpc) is 2.72. The Morgan fingerprint density at radius 3 is 2.62 bits per heavy atom. The number of aromatic hydroxyl groups is 1. The van der Waals surface area contributed by atoms with Crippen molar-refractivity contribution in [3.05, 3.63) is 62.6 Å². The van der Waals surface area contributed by atoms with Gasteiger partial charge < -0.3 is 20.9 Å². The van der Waals surface area contributed by atoms with Crippen LogP contribution in [0.3, 0.4) is 0 Å². The molecule has 1 amide bonds. The monoisotopic (exact) mass is 445 g/mol. The van der Waals surface area contributed by atoms with E-state index in [2.05, 4.69) is 4.98 Å². The third-order valence-corrected chi connectivity index (χ3v) is 7.35. The molecule has 0 bridgehead atoms. The van der Waals surface area contributed by atoms with Crippen molar-refractivity contribution in [1.82, 2.24) is 9.88 Å². The maximum atomic E-state index is 13.1. The van der Waals surface area contributed by atoms with E-state index in [1.54, 1.807) is 32.0 Å². The Balaban J connectivity index is 2.22. The number of alkyl halides is 1. The number of H-pyrrole nitrogens is 1. The number of carbonyl (C=O) groups excluding carboxylic acids is 1. The van der Waals surface area contributed by atoms with Gasteiger partial charge in [-0.15, -0.1) is 0 Å². The highest BCUT2D eigenvalue weighted by Gasteiger charge is 2.56. The molecule has 7 nitrogen and oxygen atoms in total. The van der Waals surface area contributed by atoms with Crippen molar-refractivity contribution in [2.24, 2.45) is 5.73 Å². The van der Waals surface area contributed by atoms with E-state index in [1.807, 2.05) is 18.7 Å². The number of benzene rings is 1. The van der Waals surface area contributed by atoms with Gasteiger partial charge in [-0.2, -0.15) is 0 Å². The predicted octanol–water partition coefficient (Wildman–Crippen LogP) is 2.09. The Hall–Kier alpha value is -2.71. The topological polar surface area (TPSA) is 120 Å². The summed E-state index contributed by atoms with van der Waals surface area (Å²) in [6.45, 7) is 7.53. The normalized spacial score (nSPS) is 26.2. The van der Waals surface area contributed by atoms with Crippen LogP contribution < -0.4 is 11.3 Å². The SMILES string of the molecule is Cc1ccc(O)cc1[C@]1(Cc2[nH]c(=O)c(C(N)=O)cc2C)CCN(CCF)[C@H](C)[C@@]1(C)O. The zero-order chi connectivity index (χ0) is 23.8. The van der Waals surface area contributed by atoms with E-state index in [1.165, 1.54) is 6.07 Å². The zero-order valence-corrected chi connectivity index (χ0v) is 19.0. The van der Waals surface area contributed by atoms with Gasteiger partial charge in [0.2, 0.25) is 0 Å². The molecule has 0 aliphatic carbocycles. The highest BCUT2D eigenvalue weighted by Crippen LogP contribution is 2.49. The van der Waals surface area contributed by atoms with Gasteiger partial charge in [0.15, 0.2) is 0 Å². The number of nitrogens with zero attached hydrogens (tertiary/aromatic N) is 1. The Morgan fingerprint density at radius 2 is 2.00 bits per heavy atom. The first kappa shape index (κ1) is 23.9. The van der Waals surface area contributed by atoms with Gasteiger partial charge in [-0.3, -0.25) is 14.5 Å². The minimum Gasteiger partial charge on any atom is -0.508 e. The number of primary amides is 1. The molecule has 1 aromatic heterocycles. The molecule has 2 heterocycles. The second-order valence-corrected chi connectivity index (χ2v) is 9.09. The molecular weight excluding hydrogens is 413 g/mol. The summed E-state index contributed by atoms with van der Waals surface area (Å²) in [6.07, 6.45) is 0.742. The number of rotatable bonds is 6. The molecule has 174 valence electrons. The predicted molar refractivity (Wildman–Crippen MR) is 121 cm³/mol. The van der Waals surface area contributed by atoms with Crippen molar-refractivity contribution in [1.29, 1.82) is 0 Å². The fourth-order valence-electron chi connectivity index (χ4n) is 5.19. The quantitative estimate of drug-likeness (QED) is 0.543. The molecule has 2 aromatic rings. The van der Waals surface area contributed by atoms with Crippen LogP contribution in [0, 0.1) is 13.8 Å². The summed E-state index contributed by atoms with van der Waals surface area (Å²) >= 11 is 0. The first-order valence-corrected chi connectivity index (χ1v) is 10.8. The summed E-state index contributed by atoms with van der Waals surface area (Å²) in [4.78, 5) is 28.8. The number of nitrogens with two attached hydrogens (primary N) is 1. The van der Waals surface area contributed by atoms with Crippen molar-refractivity contribution in [3.63, 3.8) is 0 Å². The van der Waals surface area contributed by atoms with Gasteiger partial charge in [0, 0.05) is 30.1 Å². The van der Waals surface area contributed by atoms with E-state index in [0.717, 1.165) is 11.1 Å². The second-order valence-electron chi connectivity index (χ2n) is 9.09. The van der Waals surface area contributed by atoms with Gasteiger partial charge in [0.25, 0.3) is 11.5 Å². The number of phenolic OH excluding ortho intramolecular Hbond substituents is 1. The number of halogens is 1. The lowest BCUT2D eigenvalue weighted by atomic mass is 9.57. The average molecular weight is 446 g/mol. The van der Waals surface area contributed by atoms with Crippen LogP contribution in [0.5, 0.6) is 5.75 Å². The lowest BCUT2D eigenvalue weighted by Crippen LogP contribution is -2.67. The molecule has 1 fully saturated rings. The Bertz CT molecular complexity index is 1080. The van der Waals surface area contributed by atoms with E-state index in [0.29, 0.717) is 24.2 Å². The maximum absolute atomic E-state index is 13.1. The fraction of sp³-hybridized carbons (Fsp3) is 0.500. The molecule has 0 saturated carbocycles. The van der Waals surface area contributed by atoms with Crippen LogP contribution in [0.2, 0.25) is 0 Å². The van der Waals surface area contributed by atoms with Gasteiger partial charge in [0.05, 0.1) is 5.60 Å². The summed E-state index contributed by atoms with van der Waals surface area (Å²) in [5.41, 5.74) is 5.31. The number of nitrogens with one attached hydrogen (secondary N) is 1. The molecule has 3 atom stereocenters. The summed E-state index contributed by atoms with van der Waals surface area (Å²) in [7, 11) is 0. The third kappa shape index (κ3) is 3.93. The van der Waals surface area contributed by atoms with E-state index in [9.17, 15) is 24.2 Å². The lowest BCUT2D eigenvalue weighted by Gasteiger charge is -2.57. The minimum atomic E-state index is -1.33. The van der Waals surface area contributed by atoms with Crippen molar-refractivity contribution in [3.8, 4) is 5.75 Å². The van der Waals surface area contributed by atoms with Gasteiger partial charge in [-0.1, -0.05) is 6.07 Å². The molecule has 0 radical (unpaired) electrons. The molecule has 0 spiro atoms. The largest absolute Gasteiger partial charge is 0.508 e. The van der Waals surface area contributed by atoms with E-state index in [-0.39, 0.29) is 30.3 Å². The molecule has 32 heavy (non-hydrogen) atoms. The number of aromatic amines is 1. The number of likely N-dealkylation sites (tertiary alicyclic amines) is 1. The molecule has 3 rings (SSSR count). The molecule has 0 unspecified atom stereocenters. The molecule has 8 heteroatoms. The number of pyridine rings is 1. The number of hydrogen-bond acceptors (Lipinski definition) is 5. The summed E-state index contributed by atoms with van der Waals surface area (Å²) < 4.78 is 13.1. The van der Waals surface area contributed by atoms with Crippen molar-refractivity contribution in [2.75, 3.05) is 19.8 Å². The lowest BCUT2D eigenvalue weighted by molar-refractivity contribution is -0.122. The number of carbonyl (C=O) groups is 1. The van der Waals surface area contributed by atoms with Gasteiger partial charge >= 0.3 is 0 Å². The number of hydrogen-bond donors (Lipinski definition) is 4. The van der Waals surface area contributed by atoms with Gasteiger partial charge in [0.1, 0.15) is 18.0 Å². The van der Waals surface area contributed by atoms with Gasteiger partial charge in [-0.25, -0.2) is 4.39 Å². The highest BCUT2D eigenvalue weighted by atomic mass is 19.1. The van der Waals surface area contributed by atoms with Crippen LogP contribution in [-0.4, -0.2) is 57.4 Å². The minimum absolute atomic E-state index is 0.0777. The molecule has 1 aromatic carbocycles. The number of aryl methyl sites for hydroxylation is 2. The van der Waals surface area contributed by atoms with E-state index < -0.39 is 29.2 Å². The summed E-state index contributed by atoms with van der Waals surface area (Å²) in [6, 6.07) is 6.14. The molecule has 5 N–H and O–H groups in total. The standard InChI is InChI=1S/C24H32FN3O4/c1-14-5-6-17(29)12-19(14)24(7-9-28(10-8-25)16(3)23(24,4)32)13-20-15(2)11-18(21(26)30)22(31)27-20/h5-6,11-12,16,29,32H,7-10,13H2,1-4H3,(H2,26,30)(H,27,31)/t16-,23-,24-/m1/s1. The zero-order valence-electron chi connectivity index (χ0n) is 19.0. The highest BCUT2D eigenvalue weighted by molar-refractivity contribution is 5.92. The summed E-state index contributed by atoms with van der Waals surface area (Å²) in [5.74, 6) is -0.728. The number of aliphatic hydroxyl groups is 1. The third-order valence-electron chi connectivity index (χ3n) is 7.35. The Kier molecular flexibility index (Phi) is 6.49. The van der Waals surface area contributed by atoms with Crippen molar-refractivity contribution >= 4 is 5.91 Å². The maximum Gasteiger partial charge on any atom is 0.261 e. The smallest absolute Gasteiger partial charge is 0.261 e. The number of piperidine rings is 1. The molecular formula is C24H32FN3O4. The second kappa shape index (κ2) is 8.67. The first-order valence-electron chi connectivity index (χ1n) is 10.8. The van der Waals surface area contributed by atoms with Crippen LogP contribution in [0.1, 0.15) is 53.0 Å². The number of amides is 1. The van der Waals surface area contributed by atoms with E-state index in [4.69, 9.17) is 5.73 Å². The molecule has 1 aliphatic heterocycles. The van der Waals surface area contributed by atoms with E-state index >= 15 is 0 Å². The van der Waals surface area contributed by atoms with Crippen LogP contribution >= 0.6 is 0 Å². The number of aromatic nitrogens is 1. The van der Waals surface area contributed by atoms with Crippen LogP contribution in [0.25, 0.3) is 0 Å².